The predicted octanol–water partition coefficient (Wildman–Crippen LogP) is 7.57. The molecule has 3 rings (SSSR count). The molecule has 3 nitrogen and oxygen atoms in total. The van der Waals surface area contributed by atoms with Crippen LogP contribution in [0.25, 0.3) is 0 Å². The normalized spacial score (nSPS) is 11.6. The summed E-state index contributed by atoms with van der Waals surface area (Å²) in [5.41, 5.74) is 14.8. The molecule has 178 valence electrons. The summed E-state index contributed by atoms with van der Waals surface area (Å²) in [5.74, 6) is -0.0999. The van der Waals surface area contributed by atoms with E-state index in [0.717, 1.165) is 38.9 Å². The van der Waals surface area contributed by atoms with Gasteiger partial charge in [0.15, 0.2) is 5.71 Å². The average molecular weight is 456 g/mol. The highest BCUT2D eigenvalue weighted by molar-refractivity contribution is 6.51. The number of carbonyl (C=O) groups excluding carboxylic acids is 1. The fourth-order valence-electron chi connectivity index (χ4n) is 4.74. The van der Waals surface area contributed by atoms with Crippen molar-refractivity contribution in [3.63, 3.8) is 0 Å². The molecular weight excluding hydrogens is 418 g/mol. The van der Waals surface area contributed by atoms with Crippen LogP contribution in [0.4, 0.5) is 0 Å². The van der Waals surface area contributed by atoms with Crippen LogP contribution in [-0.2, 0) is 11.4 Å². The number of hydrogen-bond donors (Lipinski definition) is 0. The highest BCUT2D eigenvalue weighted by Crippen LogP contribution is 2.29. The minimum absolute atomic E-state index is 0.0999. The van der Waals surface area contributed by atoms with Gasteiger partial charge in [-0.25, -0.2) is 0 Å². The molecule has 34 heavy (non-hydrogen) atoms. The molecule has 0 aromatic heterocycles. The molecule has 0 fully saturated rings. The lowest BCUT2D eigenvalue weighted by atomic mass is 9.86. The maximum atomic E-state index is 13.9. The Morgan fingerprint density at radius 2 is 1.03 bits per heavy atom. The first-order chi connectivity index (χ1) is 16.0. The van der Waals surface area contributed by atoms with E-state index in [1.54, 1.807) is 0 Å². The third-order valence-electron chi connectivity index (χ3n) is 8.01. The van der Waals surface area contributed by atoms with E-state index in [2.05, 4.69) is 60.5 Å². The zero-order valence-corrected chi connectivity index (χ0v) is 22.4. The second-order valence-corrected chi connectivity index (χ2v) is 9.51. The summed E-state index contributed by atoms with van der Waals surface area (Å²) in [6, 6.07) is 9.60. The largest absolute Gasteiger partial charge is 0.390 e. The molecule has 0 saturated heterocycles. The summed E-state index contributed by atoms with van der Waals surface area (Å²) in [6.07, 6.45) is 0. The topological polar surface area (TPSA) is 38.7 Å². The van der Waals surface area contributed by atoms with Crippen LogP contribution in [0.15, 0.2) is 35.5 Å². The van der Waals surface area contributed by atoms with E-state index < -0.39 is 0 Å². The van der Waals surface area contributed by atoms with Gasteiger partial charge in [-0.15, -0.1) is 0 Å². The van der Waals surface area contributed by atoms with E-state index in [1.165, 1.54) is 33.4 Å². The van der Waals surface area contributed by atoms with Crippen molar-refractivity contribution in [1.29, 1.82) is 0 Å². The minimum atomic E-state index is -0.0999. The Hall–Kier alpha value is -3.20. The van der Waals surface area contributed by atoms with Gasteiger partial charge in [0, 0.05) is 11.1 Å². The molecule has 0 radical (unpaired) electrons. The number of carbonyl (C=O) groups is 1. The summed E-state index contributed by atoms with van der Waals surface area (Å²) in [7, 11) is 0. The number of hydrogen-bond acceptors (Lipinski definition) is 3. The molecule has 0 heterocycles. The van der Waals surface area contributed by atoms with E-state index in [1.807, 2.05) is 44.2 Å². The number of oxime groups is 1. The Morgan fingerprint density at radius 1 is 0.618 bits per heavy atom. The second kappa shape index (κ2) is 9.97. The van der Waals surface area contributed by atoms with Crippen LogP contribution in [0, 0.1) is 69.2 Å². The first-order valence-electron chi connectivity index (χ1n) is 11.9. The van der Waals surface area contributed by atoms with Crippen LogP contribution in [0.5, 0.6) is 0 Å². The first kappa shape index (κ1) is 25.4. The van der Waals surface area contributed by atoms with Crippen molar-refractivity contribution >= 4 is 11.5 Å². The monoisotopic (exact) mass is 455 g/mol. The molecule has 3 heteroatoms. The van der Waals surface area contributed by atoms with Crippen LogP contribution in [-0.4, -0.2) is 11.5 Å². The molecule has 0 N–H and O–H groups in total. The Labute approximate surface area is 204 Å². The highest BCUT2D eigenvalue weighted by Gasteiger charge is 2.24. The number of ketones is 1. The zero-order chi connectivity index (χ0) is 25.3. The van der Waals surface area contributed by atoms with Crippen molar-refractivity contribution < 1.29 is 9.63 Å². The molecule has 0 saturated carbocycles. The molecule has 3 aromatic rings. The van der Waals surface area contributed by atoms with Crippen LogP contribution in [0.3, 0.4) is 0 Å². The molecular formula is C31H37NO2. The number of Topliss-reactive ketones (excluding diaryl/α,β-unsaturated/α-hetero) is 1. The predicted molar refractivity (Wildman–Crippen MR) is 142 cm³/mol. The van der Waals surface area contributed by atoms with Crippen molar-refractivity contribution in [3.8, 4) is 0 Å². The summed E-state index contributed by atoms with van der Waals surface area (Å²) in [5, 5.41) is 4.46. The van der Waals surface area contributed by atoms with Gasteiger partial charge in [0.05, 0.1) is 0 Å². The van der Waals surface area contributed by atoms with Crippen LogP contribution in [0.1, 0.15) is 77.1 Å². The van der Waals surface area contributed by atoms with E-state index in [4.69, 9.17) is 4.84 Å². The van der Waals surface area contributed by atoms with E-state index in [9.17, 15) is 4.79 Å². The van der Waals surface area contributed by atoms with Crippen molar-refractivity contribution in [3.05, 3.63) is 103 Å². The van der Waals surface area contributed by atoms with Gasteiger partial charge in [0.2, 0.25) is 5.78 Å². The fraction of sp³-hybridized carbons (Fsp3) is 0.355. The minimum Gasteiger partial charge on any atom is -0.390 e. The lowest BCUT2D eigenvalue weighted by Crippen LogP contribution is -2.20. The van der Waals surface area contributed by atoms with Gasteiger partial charge in [0.25, 0.3) is 0 Å². The molecule has 0 aliphatic rings. The number of benzene rings is 3. The van der Waals surface area contributed by atoms with Gasteiger partial charge in [-0.2, -0.15) is 0 Å². The molecule has 0 aliphatic heterocycles. The summed E-state index contributed by atoms with van der Waals surface area (Å²) < 4.78 is 0. The molecule has 0 unspecified atom stereocenters. The van der Waals surface area contributed by atoms with Gasteiger partial charge in [-0.05, 0) is 130 Å². The molecule has 0 amide bonds. The fourth-order valence-corrected chi connectivity index (χ4v) is 4.74. The van der Waals surface area contributed by atoms with Crippen molar-refractivity contribution in [2.45, 2.75) is 75.8 Å². The SMILES string of the molecule is Cc1c(C)c(C)c(CON=C(C(=O)c2c(C)c(C)c(C)c(C)c2C)c2ccccc2)c(C)c1C. The average Bonchev–Trinajstić information content (AvgIpc) is 2.84. The maximum absolute atomic E-state index is 13.9. The van der Waals surface area contributed by atoms with Gasteiger partial charge < -0.3 is 4.84 Å². The quantitative estimate of drug-likeness (QED) is 0.218. The van der Waals surface area contributed by atoms with Crippen LogP contribution in [0.2, 0.25) is 0 Å². The summed E-state index contributed by atoms with van der Waals surface area (Å²) in [6.45, 7) is 21.4. The first-order valence-corrected chi connectivity index (χ1v) is 11.9. The van der Waals surface area contributed by atoms with Crippen LogP contribution < -0.4 is 0 Å². The summed E-state index contributed by atoms with van der Waals surface area (Å²) >= 11 is 0. The highest BCUT2D eigenvalue weighted by atomic mass is 16.6. The van der Waals surface area contributed by atoms with E-state index >= 15 is 0 Å². The third kappa shape index (κ3) is 4.44. The maximum Gasteiger partial charge on any atom is 0.215 e. The van der Waals surface area contributed by atoms with Gasteiger partial charge in [-0.1, -0.05) is 35.5 Å². The third-order valence-corrected chi connectivity index (χ3v) is 8.01. The van der Waals surface area contributed by atoms with Gasteiger partial charge in [-0.3, -0.25) is 4.79 Å². The Balaban J connectivity index is 2.08. The molecule has 0 bridgehead atoms. The number of rotatable bonds is 6. The molecule has 0 aliphatic carbocycles. The summed E-state index contributed by atoms with van der Waals surface area (Å²) in [4.78, 5) is 19.8. The van der Waals surface area contributed by atoms with Gasteiger partial charge >= 0.3 is 0 Å². The molecule has 0 spiro atoms. The molecule has 3 aromatic carbocycles. The smallest absolute Gasteiger partial charge is 0.215 e. The Kier molecular flexibility index (Phi) is 7.45. The Bertz CT molecular complexity index is 1240. The second-order valence-electron chi connectivity index (χ2n) is 9.51. The van der Waals surface area contributed by atoms with Crippen LogP contribution >= 0.6 is 0 Å². The Morgan fingerprint density at radius 3 is 1.50 bits per heavy atom. The van der Waals surface area contributed by atoms with E-state index in [0.29, 0.717) is 12.3 Å². The lowest BCUT2D eigenvalue weighted by molar-refractivity contribution is 0.103. The molecule has 0 atom stereocenters. The van der Waals surface area contributed by atoms with Crippen molar-refractivity contribution in [2.24, 2.45) is 5.16 Å². The van der Waals surface area contributed by atoms with Crippen molar-refractivity contribution in [2.75, 3.05) is 0 Å². The zero-order valence-electron chi connectivity index (χ0n) is 22.4. The van der Waals surface area contributed by atoms with E-state index in [-0.39, 0.29) is 5.78 Å². The number of nitrogens with zero attached hydrogens (tertiary/aromatic N) is 1. The van der Waals surface area contributed by atoms with Gasteiger partial charge in [0.1, 0.15) is 6.61 Å². The van der Waals surface area contributed by atoms with Crippen molar-refractivity contribution in [1.82, 2.24) is 0 Å². The standard InChI is InChI=1S/C31H37NO2/c1-17-19(3)23(7)28(24(8)20(17)4)16-34-32-30(27-14-12-11-13-15-27)31(33)29-25(9)21(5)18(2)22(6)26(29)10/h11-15H,16H2,1-10H3. The lowest BCUT2D eigenvalue weighted by Gasteiger charge is -2.19.